The molecule has 1 aromatic carbocycles. The summed E-state index contributed by atoms with van der Waals surface area (Å²) in [5.74, 6) is -0.350. The molecule has 0 aliphatic rings. The molecule has 0 spiro atoms. The van der Waals surface area contributed by atoms with Crippen LogP contribution in [0.25, 0.3) is 6.08 Å². The van der Waals surface area contributed by atoms with Crippen molar-refractivity contribution in [3.8, 4) is 5.75 Å². The number of phenols is 1. The molecule has 0 aromatic heterocycles. The molecule has 0 atom stereocenters. The number of benzene rings is 1. The molecule has 0 saturated heterocycles. The lowest BCUT2D eigenvalue weighted by Crippen LogP contribution is -1.92. The molecule has 0 saturated carbocycles. The van der Waals surface area contributed by atoms with Gasteiger partial charge in [0.25, 0.3) is 0 Å². The zero-order valence-electron chi connectivity index (χ0n) is 8.88. The topological polar surface area (TPSA) is 72.5 Å². The molecule has 1 rings (SSSR count). The van der Waals surface area contributed by atoms with Crippen molar-refractivity contribution in [2.24, 2.45) is 0 Å². The van der Waals surface area contributed by atoms with Gasteiger partial charge in [-0.3, -0.25) is 0 Å². The summed E-state index contributed by atoms with van der Waals surface area (Å²) in [6.45, 7) is 0. The number of allylic oxidation sites excluding steroid dienone is 2. The average molecular weight is 219 g/mol. The lowest BCUT2D eigenvalue weighted by molar-refractivity contribution is -0.134. The van der Waals surface area contributed by atoms with Crippen molar-refractivity contribution in [2.45, 2.75) is 0 Å². The first-order chi connectivity index (χ1) is 7.63. The lowest BCUT2D eigenvalue weighted by Gasteiger charge is -1.98. The largest absolute Gasteiger partial charge is 0.506 e. The summed E-state index contributed by atoms with van der Waals surface area (Å²) in [4.78, 5) is 10.7. The van der Waals surface area contributed by atoms with Gasteiger partial charge in [-0.2, -0.15) is 0 Å². The number of nitrogen functional groups attached to an aromatic ring is 1. The summed E-state index contributed by atoms with van der Waals surface area (Å²) in [6.07, 6.45) is 6.31. The average Bonchev–Trinajstić information content (AvgIpc) is 2.28. The van der Waals surface area contributed by atoms with Crippen LogP contribution in [-0.2, 0) is 9.53 Å². The minimum atomic E-state index is -0.408. The third kappa shape index (κ3) is 3.49. The minimum absolute atomic E-state index is 0.0576. The van der Waals surface area contributed by atoms with Gasteiger partial charge in [0.05, 0.1) is 12.8 Å². The van der Waals surface area contributed by atoms with Crippen LogP contribution in [0.3, 0.4) is 0 Å². The Labute approximate surface area is 93.7 Å². The Morgan fingerprint density at radius 1 is 1.44 bits per heavy atom. The lowest BCUT2D eigenvalue weighted by atomic mass is 10.2. The molecule has 0 aliphatic heterocycles. The molecule has 0 bridgehead atoms. The van der Waals surface area contributed by atoms with Crippen LogP contribution in [0.4, 0.5) is 5.69 Å². The van der Waals surface area contributed by atoms with Gasteiger partial charge in [-0.1, -0.05) is 24.3 Å². The fourth-order valence-electron chi connectivity index (χ4n) is 1.05. The van der Waals surface area contributed by atoms with Gasteiger partial charge in [-0.05, 0) is 17.7 Å². The van der Waals surface area contributed by atoms with Crippen molar-refractivity contribution in [2.75, 3.05) is 12.8 Å². The van der Waals surface area contributed by atoms with Crippen LogP contribution in [0, 0.1) is 0 Å². The third-order valence-corrected chi connectivity index (χ3v) is 1.88. The number of hydrogen-bond acceptors (Lipinski definition) is 4. The first kappa shape index (κ1) is 11.8. The van der Waals surface area contributed by atoms with Gasteiger partial charge >= 0.3 is 5.97 Å². The SMILES string of the molecule is COC(=O)C=CC=Cc1ccc(O)c(N)c1. The number of rotatable bonds is 3. The van der Waals surface area contributed by atoms with Crippen LogP contribution >= 0.6 is 0 Å². The first-order valence-corrected chi connectivity index (χ1v) is 4.64. The highest BCUT2D eigenvalue weighted by atomic mass is 16.5. The van der Waals surface area contributed by atoms with Gasteiger partial charge in [0.1, 0.15) is 5.75 Å². The second-order valence-corrected chi connectivity index (χ2v) is 3.06. The molecule has 0 amide bonds. The van der Waals surface area contributed by atoms with Crippen LogP contribution in [0.2, 0.25) is 0 Å². The van der Waals surface area contributed by atoms with E-state index in [1.165, 1.54) is 19.3 Å². The Morgan fingerprint density at radius 2 is 2.19 bits per heavy atom. The van der Waals surface area contributed by atoms with E-state index in [1.807, 2.05) is 0 Å². The van der Waals surface area contributed by atoms with Gasteiger partial charge < -0.3 is 15.6 Å². The Balaban J connectivity index is 2.66. The van der Waals surface area contributed by atoms with E-state index in [1.54, 1.807) is 30.4 Å². The zero-order valence-corrected chi connectivity index (χ0v) is 8.88. The number of anilines is 1. The van der Waals surface area contributed by atoms with E-state index >= 15 is 0 Å². The summed E-state index contributed by atoms with van der Waals surface area (Å²) in [6, 6.07) is 4.87. The Hall–Kier alpha value is -2.23. The van der Waals surface area contributed by atoms with Gasteiger partial charge in [0, 0.05) is 6.08 Å². The van der Waals surface area contributed by atoms with Crippen molar-refractivity contribution < 1.29 is 14.6 Å². The number of phenolic OH excluding ortho intramolecular Hbond substituents is 1. The molecule has 3 N–H and O–H groups in total. The predicted octanol–water partition coefficient (Wildman–Crippen LogP) is 1.72. The summed E-state index contributed by atoms with van der Waals surface area (Å²) in [5, 5.41) is 9.20. The molecule has 16 heavy (non-hydrogen) atoms. The number of nitrogens with two attached hydrogens (primary N) is 1. The molecule has 0 heterocycles. The number of esters is 1. The van der Waals surface area contributed by atoms with E-state index in [0.717, 1.165) is 5.56 Å². The van der Waals surface area contributed by atoms with Crippen LogP contribution in [-0.4, -0.2) is 18.2 Å². The summed E-state index contributed by atoms with van der Waals surface area (Å²) in [7, 11) is 1.32. The fourth-order valence-corrected chi connectivity index (χ4v) is 1.05. The van der Waals surface area contributed by atoms with Crippen molar-refractivity contribution >= 4 is 17.7 Å². The Bertz CT molecular complexity index is 436. The summed E-state index contributed by atoms with van der Waals surface area (Å²) in [5.41, 5.74) is 6.68. The summed E-state index contributed by atoms with van der Waals surface area (Å²) >= 11 is 0. The maximum absolute atomic E-state index is 10.7. The van der Waals surface area contributed by atoms with Crippen LogP contribution in [0.15, 0.2) is 36.4 Å². The zero-order chi connectivity index (χ0) is 12.0. The first-order valence-electron chi connectivity index (χ1n) is 4.64. The van der Waals surface area contributed by atoms with Crippen molar-refractivity contribution in [3.05, 3.63) is 42.0 Å². The number of aromatic hydroxyl groups is 1. The molecule has 0 aliphatic carbocycles. The van der Waals surface area contributed by atoms with Gasteiger partial charge in [0.2, 0.25) is 0 Å². The van der Waals surface area contributed by atoms with E-state index < -0.39 is 5.97 Å². The highest BCUT2D eigenvalue weighted by Gasteiger charge is 1.95. The Kier molecular flexibility index (Phi) is 4.15. The van der Waals surface area contributed by atoms with Crippen LogP contribution < -0.4 is 5.73 Å². The van der Waals surface area contributed by atoms with Gasteiger partial charge in [0.15, 0.2) is 0 Å². The third-order valence-electron chi connectivity index (χ3n) is 1.88. The molecule has 84 valence electrons. The van der Waals surface area contributed by atoms with Gasteiger partial charge in [-0.25, -0.2) is 4.79 Å². The minimum Gasteiger partial charge on any atom is -0.506 e. The fraction of sp³-hybridized carbons (Fsp3) is 0.0833. The van der Waals surface area contributed by atoms with E-state index in [2.05, 4.69) is 4.74 Å². The molecule has 4 nitrogen and oxygen atoms in total. The number of methoxy groups -OCH3 is 1. The highest BCUT2D eigenvalue weighted by molar-refractivity contribution is 5.82. The van der Waals surface area contributed by atoms with Crippen LogP contribution in [0.1, 0.15) is 5.56 Å². The van der Waals surface area contributed by atoms with Crippen molar-refractivity contribution in [3.63, 3.8) is 0 Å². The van der Waals surface area contributed by atoms with E-state index in [9.17, 15) is 9.90 Å². The monoisotopic (exact) mass is 219 g/mol. The molecule has 0 radical (unpaired) electrons. The summed E-state index contributed by atoms with van der Waals surface area (Å²) < 4.78 is 4.42. The maximum atomic E-state index is 10.7. The predicted molar refractivity (Wildman–Crippen MR) is 62.7 cm³/mol. The second-order valence-electron chi connectivity index (χ2n) is 3.06. The van der Waals surface area contributed by atoms with Crippen LogP contribution in [0.5, 0.6) is 5.75 Å². The number of hydrogen-bond donors (Lipinski definition) is 2. The van der Waals surface area contributed by atoms with Crippen molar-refractivity contribution in [1.82, 2.24) is 0 Å². The highest BCUT2D eigenvalue weighted by Crippen LogP contribution is 2.20. The molecule has 0 unspecified atom stereocenters. The smallest absolute Gasteiger partial charge is 0.330 e. The molecular weight excluding hydrogens is 206 g/mol. The second kappa shape index (κ2) is 5.60. The van der Waals surface area contributed by atoms with Crippen molar-refractivity contribution in [1.29, 1.82) is 0 Å². The quantitative estimate of drug-likeness (QED) is 0.267. The molecule has 0 fully saturated rings. The maximum Gasteiger partial charge on any atom is 0.330 e. The molecule has 4 heteroatoms. The van der Waals surface area contributed by atoms with E-state index in [4.69, 9.17) is 5.73 Å². The normalized spacial score (nSPS) is 11.1. The van der Waals surface area contributed by atoms with Gasteiger partial charge in [-0.15, -0.1) is 0 Å². The van der Waals surface area contributed by atoms with E-state index in [0.29, 0.717) is 5.69 Å². The molecular formula is C12H13NO3. The number of ether oxygens (including phenoxy) is 1. The standard InChI is InChI=1S/C12H13NO3/c1-16-12(15)5-3-2-4-9-6-7-11(14)10(13)8-9/h2-8,14H,13H2,1H3. The molecule has 1 aromatic rings. The van der Waals surface area contributed by atoms with E-state index in [-0.39, 0.29) is 5.75 Å². The number of carbonyl (C=O) groups is 1. The Morgan fingerprint density at radius 3 is 2.81 bits per heavy atom. The number of carbonyl (C=O) groups excluding carboxylic acids is 1.